The first-order chi connectivity index (χ1) is 13.3. The van der Waals surface area contributed by atoms with Crippen LogP contribution in [-0.2, 0) is 16.0 Å². The monoisotopic (exact) mass is 403 g/mol. The standard InChI is InChI=1S/C17H18ClNO.C4H4O4/c1-19-8-7-13-9-16(18)17(20)10-14(13)15(11-19)12-5-3-2-4-6-12;5-3(6)1-2-4(7)8/h2-6,9-10,15,20H,7-8,11H2,1H3;1-2H,(H,5,6)(H,7,8)/b;2-1-/t15-;/m1./s1. The van der Waals surface area contributed by atoms with Crippen LogP contribution in [-0.4, -0.2) is 52.3 Å². The molecular formula is C21H22ClNO5. The second kappa shape index (κ2) is 9.92. The van der Waals surface area contributed by atoms with Crippen molar-refractivity contribution in [3.8, 4) is 5.75 Å². The summed E-state index contributed by atoms with van der Waals surface area (Å²) in [7, 11) is 2.14. The highest BCUT2D eigenvalue weighted by atomic mass is 35.5. The summed E-state index contributed by atoms with van der Waals surface area (Å²) in [5.74, 6) is -2.06. The molecule has 0 saturated heterocycles. The van der Waals surface area contributed by atoms with Gasteiger partial charge in [-0.25, -0.2) is 9.59 Å². The Balaban J connectivity index is 0.000000300. The van der Waals surface area contributed by atoms with Crippen LogP contribution in [0, 0.1) is 0 Å². The van der Waals surface area contributed by atoms with Crippen molar-refractivity contribution in [1.29, 1.82) is 0 Å². The Labute approximate surface area is 168 Å². The molecule has 3 rings (SSSR count). The lowest BCUT2D eigenvalue weighted by Gasteiger charge is -2.22. The first kappa shape index (κ1) is 21.5. The summed E-state index contributed by atoms with van der Waals surface area (Å²) >= 11 is 6.07. The van der Waals surface area contributed by atoms with Crippen molar-refractivity contribution in [2.75, 3.05) is 20.1 Å². The number of rotatable bonds is 3. The van der Waals surface area contributed by atoms with Crippen LogP contribution in [0.4, 0.5) is 0 Å². The van der Waals surface area contributed by atoms with Crippen molar-refractivity contribution < 1.29 is 24.9 Å². The van der Waals surface area contributed by atoms with E-state index in [0.29, 0.717) is 17.2 Å². The lowest BCUT2D eigenvalue weighted by atomic mass is 9.88. The van der Waals surface area contributed by atoms with Gasteiger partial charge in [-0.2, -0.15) is 0 Å². The highest BCUT2D eigenvalue weighted by Crippen LogP contribution is 2.36. The van der Waals surface area contributed by atoms with E-state index >= 15 is 0 Å². The second-order valence-corrected chi connectivity index (χ2v) is 6.89. The molecule has 148 valence electrons. The number of benzene rings is 2. The Hall–Kier alpha value is -2.83. The number of likely N-dealkylation sites (N-methyl/N-ethyl adjacent to an activating group) is 1. The number of phenols is 1. The molecule has 2 aromatic rings. The fraction of sp³-hybridized carbons (Fsp3) is 0.238. The predicted octanol–water partition coefficient (Wildman–Crippen LogP) is 3.38. The van der Waals surface area contributed by atoms with Gasteiger partial charge in [0.1, 0.15) is 5.75 Å². The smallest absolute Gasteiger partial charge is 0.328 e. The molecule has 0 spiro atoms. The van der Waals surface area contributed by atoms with E-state index in [0.717, 1.165) is 19.5 Å². The molecule has 1 atom stereocenters. The maximum atomic E-state index is 9.95. The van der Waals surface area contributed by atoms with E-state index in [1.807, 2.05) is 18.2 Å². The number of halogens is 1. The zero-order chi connectivity index (χ0) is 20.7. The van der Waals surface area contributed by atoms with E-state index in [1.54, 1.807) is 0 Å². The minimum Gasteiger partial charge on any atom is -0.506 e. The number of hydrogen-bond acceptors (Lipinski definition) is 4. The van der Waals surface area contributed by atoms with Crippen molar-refractivity contribution in [1.82, 2.24) is 4.90 Å². The predicted molar refractivity (Wildman–Crippen MR) is 107 cm³/mol. The third-order valence-corrected chi connectivity index (χ3v) is 4.71. The Morgan fingerprint density at radius 3 is 2.29 bits per heavy atom. The van der Waals surface area contributed by atoms with E-state index in [4.69, 9.17) is 21.8 Å². The number of carboxylic acids is 2. The molecule has 0 radical (unpaired) electrons. The largest absolute Gasteiger partial charge is 0.506 e. The van der Waals surface area contributed by atoms with Crippen molar-refractivity contribution in [3.63, 3.8) is 0 Å². The van der Waals surface area contributed by atoms with Crippen LogP contribution >= 0.6 is 11.6 Å². The van der Waals surface area contributed by atoms with Crippen LogP contribution in [0.5, 0.6) is 5.75 Å². The van der Waals surface area contributed by atoms with E-state index in [1.165, 1.54) is 16.7 Å². The molecule has 0 bridgehead atoms. The lowest BCUT2D eigenvalue weighted by molar-refractivity contribution is -0.134. The molecule has 1 aliphatic rings. The van der Waals surface area contributed by atoms with Gasteiger partial charge in [-0.1, -0.05) is 41.9 Å². The van der Waals surface area contributed by atoms with Gasteiger partial charge in [-0.3, -0.25) is 0 Å². The maximum absolute atomic E-state index is 9.95. The van der Waals surface area contributed by atoms with Crippen molar-refractivity contribution >= 4 is 23.5 Å². The van der Waals surface area contributed by atoms with Crippen LogP contribution in [0.15, 0.2) is 54.6 Å². The fourth-order valence-electron chi connectivity index (χ4n) is 3.09. The lowest BCUT2D eigenvalue weighted by Crippen LogP contribution is -2.24. The van der Waals surface area contributed by atoms with Crippen LogP contribution < -0.4 is 0 Å². The zero-order valence-electron chi connectivity index (χ0n) is 15.4. The molecule has 2 aromatic carbocycles. The SMILES string of the molecule is CN1CCc2cc(Cl)c(O)cc2[C@@H](c2ccccc2)C1.O=C(O)/C=C\C(=O)O. The molecular weight excluding hydrogens is 382 g/mol. The van der Waals surface area contributed by atoms with Gasteiger partial charge in [0, 0.05) is 31.2 Å². The summed E-state index contributed by atoms with van der Waals surface area (Å²) in [6.07, 6.45) is 2.08. The topological polar surface area (TPSA) is 98.1 Å². The average molecular weight is 404 g/mol. The molecule has 1 heterocycles. The van der Waals surface area contributed by atoms with Gasteiger partial charge in [0.05, 0.1) is 5.02 Å². The van der Waals surface area contributed by atoms with Gasteiger partial charge in [0.15, 0.2) is 0 Å². The van der Waals surface area contributed by atoms with Crippen molar-refractivity contribution in [3.05, 3.63) is 76.3 Å². The number of aliphatic carboxylic acids is 2. The summed E-state index contributed by atoms with van der Waals surface area (Å²) in [6, 6.07) is 14.2. The third-order valence-electron chi connectivity index (χ3n) is 4.41. The molecule has 0 fully saturated rings. The van der Waals surface area contributed by atoms with Gasteiger partial charge in [-0.15, -0.1) is 0 Å². The van der Waals surface area contributed by atoms with Gasteiger partial charge in [0.25, 0.3) is 0 Å². The number of carbonyl (C=O) groups is 2. The van der Waals surface area contributed by atoms with Gasteiger partial charge in [-0.05, 0) is 42.3 Å². The second-order valence-electron chi connectivity index (χ2n) is 6.49. The average Bonchev–Trinajstić information content (AvgIpc) is 2.81. The molecule has 0 unspecified atom stereocenters. The summed E-state index contributed by atoms with van der Waals surface area (Å²) < 4.78 is 0. The van der Waals surface area contributed by atoms with E-state index in [9.17, 15) is 14.7 Å². The molecule has 0 amide bonds. The molecule has 1 aliphatic heterocycles. The summed E-state index contributed by atoms with van der Waals surface area (Å²) in [5, 5.41) is 26.0. The Bertz CT molecular complexity index is 851. The van der Waals surface area contributed by atoms with Crippen molar-refractivity contribution in [2.45, 2.75) is 12.3 Å². The third kappa shape index (κ3) is 6.11. The van der Waals surface area contributed by atoms with Gasteiger partial charge >= 0.3 is 11.9 Å². The van der Waals surface area contributed by atoms with Crippen LogP contribution in [0.25, 0.3) is 0 Å². The quantitative estimate of drug-likeness (QED) is 0.679. The van der Waals surface area contributed by atoms with Crippen LogP contribution in [0.2, 0.25) is 5.02 Å². The van der Waals surface area contributed by atoms with E-state index in [-0.39, 0.29) is 11.7 Å². The Kier molecular flexibility index (Phi) is 7.61. The number of fused-ring (bicyclic) bond motifs is 1. The molecule has 6 nitrogen and oxygen atoms in total. The maximum Gasteiger partial charge on any atom is 0.328 e. The minimum absolute atomic E-state index is 0.177. The normalized spacial score (nSPS) is 16.6. The zero-order valence-corrected chi connectivity index (χ0v) is 16.1. The Morgan fingerprint density at radius 2 is 1.71 bits per heavy atom. The highest BCUT2D eigenvalue weighted by molar-refractivity contribution is 6.32. The van der Waals surface area contributed by atoms with E-state index < -0.39 is 11.9 Å². The first-order valence-corrected chi connectivity index (χ1v) is 9.04. The number of nitrogens with zero attached hydrogens (tertiary/aromatic N) is 1. The molecule has 0 aliphatic carbocycles. The number of hydrogen-bond donors (Lipinski definition) is 3. The van der Waals surface area contributed by atoms with Crippen LogP contribution in [0.1, 0.15) is 22.6 Å². The summed E-state index contributed by atoms with van der Waals surface area (Å²) in [6.45, 7) is 1.97. The van der Waals surface area contributed by atoms with Gasteiger partial charge in [0.2, 0.25) is 0 Å². The first-order valence-electron chi connectivity index (χ1n) is 8.66. The van der Waals surface area contributed by atoms with Crippen molar-refractivity contribution in [2.24, 2.45) is 0 Å². The molecule has 28 heavy (non-hydrogen) atoms. The number of phenolic OH excluding ortho intramolecular Hbond substituents is 1. The fourth-order valence-corrected chi connectivity index (χ4v) is 3.27. The molecule has 0 saturated carbocycles. The Morgan fingerprint density at radius 1 is 1.11 bits per heavy atom. The molecule has 7 heteroatoms. The van der Waals surface area contributed by atoms with Crippen LogP contribution in [0.3, 0.4) is 0 Å². The summed E-state index contributed by atoms with van der Waals surface area (Å²) in [5.41, 5.74) is 3.72. The van der Waals surface area contributed by atoms with E-state index in [2.05, 4.69) is 36.2 Å². The highest BCUT2D eigenvalue weighted by Gasteiger charge is 2.24. The number of carboxylic acid groups (broad SMARTS) is 2. The molecule has 3 N–H and O–H groups in total. The summed E-state index contributed by atoms with van der Waals surface area (Å²) in [4.78, 5) is 21.4. The molecule has 0 aromatic heterocycles. The number of aromatic hydroxyl groups is 1. The van der Waals surface area contributed by atoms with Gasteiger partial charge < -0.3 is 20.2 Å². The minimum atomic E-state index is -1.26.